The molecule has 0 bridgehead atoms. The van der Waals surface area contributed by atoms with Crippen LogP contribution in [0.1, 0.15) is 35.0 Å². The Morgan fingerprint density at radius 3 is 2.56 bits per heavy atom. The van der Waals surface area contributed by atoms with Crippen molar-refractivity contribution in [1.29, 1.82) is 0 Å². The zero-order chi connectivity index (χ0) is 19.4. The first-order valence-corrected chi connectivity index (χ1v) is 9.09. The molecule has 0 unspecified atom stereocenters. The molecule has 0 aliphatic heterocycles. The van der Waals surface area contributed by atoms with E-state index in [1.54, 1.807) is 42.4 Å². The number of aromatic hydroxyl groups is 1. The molecule has 0 radical (unpaired) electrons. The number of phenolic OH excluding ortho intramolecular Hbond substituents is 1. The van der Waals surface area contributed by atoms with Crippen LogP contribution in [0.5, 0.6) is 5.75 Å². The molecule has 3 rings (SSSR count). The number of H-pyrrole nitrogens is 1. The number of nitrogens with zero attached hydrogens (tertiary/aromatic N) is 2. The zero-order valence-electron chi connectivity index (χ0n) is 15.3. The number of halogens is 1. The van der Waals surface area contributed by atoms with Gasteiger partial charge in [-0.1, -0.05) is 35.9 Å². The molecule has 1 aromatic heterocycles. The summed E-state index contributed by atoms with van der Waals surface area (Å²) in [6.45, 7) is 2.34. The first-order valence-electron chi connectivity index (χ1n) is 8.71. The molecule has 1 atom stereocenters. The van der Waals surface area contributed by atoms with Gasteiger partial charge in [-0.2, -0.15) is 0 Å². The smallest absolute Gasteiger partial charge is 0.223 e. The average Bonchev–Trinajstić information content (AvgIpc) is 3.04. The van der Waals surface area contributed by atoms with Crippen molar-refractivity contribution in [2.45, 2.75) is 25.8 Å². The summed E-state index contributed by atoms with van der Waals surface area (Å²) in [6, 6.07) is 14.5. The monoisotopic (exact) mass is 383 g/mol. The maximum Gasteiger partial charge on any atom is 0.223 e. The van der Waals surface area contributed by atoms with Crippen molar-refractivity contribution in [1.82, 2.24) is 14.9 Å². The molecule has 5 nitrogen and oxygen atoms in total. The van der Waals surface area contributed by atoms with Crippen LogP contribution in [0.4, 0.5) is 0 Å². The lowest BCUT2D eigenvalue weighted by Gasteiger charge is -2.22. The third kappa shape index (κ3) is 4.89. The number of nitrogens with one attached hydrogen (secondary N) is 1. The van der Waals surface area contributed by atoms with Crippen molar-refractivity contribution < 1.29 is 9.90 Å². The van der Waals surface area contributed by atoms with Crippen molar-refractivity contribution in [3.8, 4) is 5.75 Å². The summed E-state index contributed by atoms with van der Waals surface area (Å²) >= 11 is 6.16. The maximum atomic E-state index is 12.9. The highest BCUT2D eigenvalue weighted by molar-refractivity contribution is 6.30. The molecular formula is C21H22ClN3O2. The molecule has 2 N–H and O–H groups in total. The van der Waals surface area contributed by atoms with Crippen LogP contribution in [-0.2, 0) is 11.3 Å². The van der Waals surface area contributed by atoms with Gasteiger partial charge in [0.2, 0.25) is 5.91 Å². The minimum atomic E-state index is -0.205. The van der Waals surface area contributed by atoms with Crippen LogP contribution in [0.15, 0.2) is 54.7 Å². The second-order valence-corrected chi connectivity index (χ2v) is 7.11. The second kappa shape index (κ2) is 8.27. The number of aryl methyl sites for hydroxylation is 1. The number of aromatic nitrogens is 2. The number of amides is 1. The Hall–Kier alpha value is -2.79. The first-order chi connectivity index (χ1) is 12.9. The van der Waals surface area contributed by atoms with E-state index in [0.29, 0.717) is 11.6 Å². The van der Waals surface area contributed by atoms with E-state index in [9.17, 15) is 9.90 Å². The van der Waals surface area contributed by atoms with E-state index < -0.39 is 0 Å². The van der Waals surface area contributed by atoms with Crippen molar-refractivity contribution in [2.24, 2.45) is 0 Å². The largest absolute Gasteiger partial charge is 0.508 e. The Balaban J connectivity index is 1.83. The van der Waals surface area contributed by atoms with Gasteiger partial charge in [-0.3, -0.25) is 4.79 Å². The quantitative estimate of drug-likeness (QED) is 0.668. The number of carbonyl (C=O) groups is 1. The maximum absolute atomic E-state index is 12.9. The lowest BCUT2D eigenvalue weighted by atomic mass is 9.88. The summed E-state index contributed by atoms with van der Waals surface area (Å²) in [5, 5.41) is 10.5. The minimum Gasteiger partial charge on any atom is -0.508 e. The van der Waals surface area contributed by atoms with Gasteiger partial charge in [-0.15, -0.1) is 0 Å². The van der Waals surface area contributed by atoms with E-state index in [0.717, 1.165) is 22.6 Å². The third-order valence-electron chi connectivity index (χ3n) is 4.47. The average molecular weight is 384 g/mol. The molecule has 3 aromatic rings. The van der Waals surface area contributed by atoms with Gasteiger partial charge in [-0.05, 0) is 42.3 Å². The summed E-state index contributed by atoms with van der Waals surface area (Å²) < 4.78 is 0. The van der Waals surface area contributed by atoms with E-state index in [-0.39, 0.29) is 24.0 Å². The SMILES string of the molecule is Cc1cnc(CN(C)C(=O)C[C@@H](c2cccc(O)c2)c2cccc(Cl)c2)[nH]1. The Kier molecular flexibility index (Phi) is 5.81. The molecule has 0 spiro atoms. The molecule has 6 heteroatoms. The number of carbonyl (C=O) groups excluding carboxylic acids is 1. The summed E-state index contributed by atoms with van der Waals surface area (Å²) in [6.07, 6.45) is 2.01. The summed E-state index contributed by atoms with van der Waals surface area (Å²) in [5.41, 5.74) is 2.76. The topological polar surface area (TPSA) is 69.2 Å². The highest BCUT2D eigenvalue weighted by Crippen LogP contribution is 2.32. The summed E-state index contributed by atoms with van der Waals surface area (Å²) in [5.74, 6) is 0.702. The van der Waals surface area contributed by atoms with Crippen molar-refractivity contribution >= 4 is 17.5 Å². The summed E-state index contributed by atoms with van der Waals surface area (Å²) in [4.78, 5) is 21.9. The molecular weight excluding hydrogens is 362 g/mol. The first kappa shape index (κ1) is 19.0. The highest BCUT2D eigenvalue weighted by Gasteiger charge is 2.22. The molecule has 0 saturated heterocycles. The van der Waals surface area contributed by atoms with Gasteiger partial charge in [0, 0.05) is 36.3 Å². The van der Waals surface area contributed by atoms with Crippen molar-refractivity contribution in [3.05, 3.63) is 82.4 Å². The molecule has 0 saturated carbocycles. The number of hydrogen-bond acceptors (Lipinski definition) is 3. The fourth-order valence-electron chi connectivity index (χ4n) is 3.08. The highest BCUT2D eigenvalue weighted by atomic mass is 35.5. The van der Waals surface area contributed by atoms with Gasteiger partial charge in [-0.25, -0.2) is 4.98 Å². The Bertz CT molecular complexity index is 893. The van der Waals surface area contributed by atoms with Gasteiger partial charge in [0.05, 0.1) is 6.54 Å². The van der Waals surface area contributed by atoms with Crippen LogP contribution in [0.3, 0.4) is 0 Å². The molecule has 140 valence electrons. The van der Waals surface area contributed by atoms with Crippen LogP contribution >= 0.6 is 11.6 Å². The van der Waals surface area contributed by atoms with Gasteiger partial charge in [0.1, 0.15) is 11.6 Å². The number of rotatable bonds is 6. The van der Waals surface area contributed by atoms with Crippen LogP contribution in [0.2, 0.25) is 5.02 Å². The molecule has 27 heavy (non-hydrogen) atoms. The Morgan fingerprint density at radius 2 is 1.93 bits per heavy atom. The van der Waals surface area contributed by atoms with Crippen molar-refractivity contribution in [3.63, 3.8) is 0 Å². The standard InChI is InChI=1S/C21H22ClN3O2/c1-14-12-23-20(24-14)13-25(2)21(27)11-19(15-5-3-7-17(22)9-15)16-6-4-8-18(26)10-16/h3-10,12,19,26H,11,13H2,1-2H3,(H,23,24)/t19-/m1/s1. The fraction of sp³-hybridized carbons (Fsp3) is 0.238. The Labute approximate surface area is 163 Å². The van der Waals surface area contributed by atoms with Gasteiger partial charge >= 0.3 is 0 Å². The minimum absolute atomic E-state index is 0.0163. The van der Waals surface area contributed by atoms with Gasteiger partial charge in [0.25, 0.3) is 0 Å². The number of phenols is 1. The second-order valence-electron chi connectivity index (χ2n) is 6.67. The van der Waals surface area contributed by atoms with Crippen LogP contribution in [0, 0.1) is 6.92 Å². The van der Waals surface area contributed by atoms with Crippen molar-refractivity contribution in [2.75, 3.05) is 7.05 Å². The van der Waals surface area contributed by atoms with Crippen LogP contribution < -0.4 is 0 Å². The predicted octanol–water partition coefficient (Wildman–Crippen LogP) is 4.26. The fourth-order valence-corrected chi connectivity index (χ4v) is 3.28. The number of hydrogen-bond donors (Lipinski definition) is 2. The van der Waals surface area contributed by atoms with Gasteiger partial charge < -0.3 is 15.0 Å². The Morgan fingerprint density at radius 1 is 1.22 bits per heavy atom. The van der Waals surface area contributed by atoms with E-state index >= 15 is 0 Å². The molecule has 1 heterocycles. The van der Waals surface area contributed by atoms with Crippen LogP contribution in [-0.4, -0.2) is 32.9 Å². The van der Waals surface area contributed by atoms with E-state index in [1.165, 1.54) is 0 Å². The molecule has 1 amide bonds. The number of imidazole rings is 1. The predicted molar refractivity (Wildman–Crippen MR) is 106 cm³/mol. The van der Waals surface area contributed by atoms with E-state index in [1.807, 2.05) is 31.2 Å². The van der Waals surface area contributed by atoms with E-state index in [2.05, 4.69) is 9.97 Å². The molecule has 2 aromatic carbocycles. The normalized spacial score (nSPS) is 12.0. The number of aromatic amines is 1. The van der Waals surface area contributed by atoms with E-state index in [4.69, 9.17) is 11.6 Å². The number of benzene rings is 2. The molecule has 0 aliphatic rings. The lowest BCUT2D eigenvalue weighted by Crippen LogP contribution is -2.28. The lowest BCUT2D eigenvalue weighted by molar-refractivity contribution is -0.130. The van der Waals surface area contributed by atoms with Crippen LogP contribution in [0.25, 0.3) is 0 Å². The third-order valence-corrected chi connectivity index (χ3v) is 4.71. The van der Waals surface area contributed by atoms with Gasteiger partial charge in [0.15, 0.2) is 0 Å². The zero-order valence-corrected chi connectivity index (χ0v) is 16.1. The summed E-state index contributed by atoms with van der Waals surface area (Å²) in [7, 11) is 1.76. The molecule has 0 fully saturated rings. The molecule has 0 aliphatic carbocycles.